The summed E-state index contributed by atoms with van der Waals surface area (Å²) < 4.78 is 5.50. The first-order valence-electron chi connectivity index (χ1n) is 8.29. The lowest BCUT2D eigenvalue weighted by molar-refractivity contribution is -0.384. The molecule has 1 aliphatic heterocycles. The number of nitro benzene ring substituents is 1. The van der Waals surface area contributed by atoms with E-state index in [9.17, 15) is 14.9 Å². The van der Waals surface area contributed by atoms with Crippen LogP contribution in [0.3, 0.4) is 0 Å². The summed E-state index contributed by atoms with van der Waals surface area (Å²) in [5.74, 6) is 0.160. The number of piperazine rings is 1. The van der Waals surface area contributed by atoms with E-state index in [4.69, 9.17) is 27.9 Å². The zero-order valence-electron chi connectivity index (χ0n) is 14.3. The van der Waals surface area contributed by atoms with Gasteiger partial charge in [-0.2, -0.15) is 0 Å². The van der Waals surface area contributed by atoms with Crippen molar-refractivity contribution in [2.75, 3.05) is 37.7 Å². The molecule has 1 heterocycles. The second kappa shape index (κ2) is 8.45. The molecule has 0 aliphatic carbocycles. The molecule has 0 radical (unpaired) electrons. The Morgan fingerprint density at radius 2 is 1.63 bits per heavy atom. The zero-order chi connectivity index (χ0) is 19.4. The van der Waals surface area contributed by atoms with Gasteiger partial charge in [0.15, 0.2) is 12.4 Å². The number of anilines is 1. The quantitative estimate of drug-likeness (QED) is 0.556. The summed E-state index contributed by atoms with van der Waals surface area (Å²) in [5, 5.41) is 11.5. The summed E-state index contributed by atoms with van der Waals surface area (Å²) in [6.07, 6.45) is 0. The van der Waals surface area contributed by atoms with Crippen LogP contribution in [0.15, 0.2) is 42.5 Å². The van der Waals surface area contributed by atoms with Gasteiger partial charge >= 0.3 is 0 Å². The molecular formula is C18H17Cl2N3O4. The zero-order valence-corrected chi connectivity index (χ0v) is 15.8. The molecule has 0 aromatic heterocycles. The van der Waals surface area contributed by atoms with E-state index in [1.54, 1.807) is 35.2 Å². The number of hydrogen-bond acceptors (Lipinski definition) is 5. The van der Waals surface area contributed by atoms with E-state index < -0.39 is 4.92 Å². The number of benzene rings is 2. The van der Waals surface area contributed by atoms with Crippen molar-refractivity contribution in [1.82, 2.24) is 4.90 Å². The van der Waals surface area contributed by atoms with Crippen molar-refractivity contribution in [3.63, 3.8) is 0 Å². The average Bonchev–Trinajstić information content (AvgIpc) is 2.67. The molecule has 0 bridgehead atoms. The molecule has 1 aliphatic rings. The number of non-ortho nitro benzene ring substituents is 1. The fourth-order valence-electron chi connectivity index (χ4n) is 2.84. The predicted molar refractivity (Wildman–Crippen MR) is 104 cm³/mol. The molecule has 27 heavy (non-hydrogen) atoms. The number of nitrogens with zero attached hydrogens (tertiary/aromatic N) is 3. The topological polar surface area (TPSA) is 75.9 Å². The Bertz CT molecular complexity index is 817. The second-order valence-corrected chi connectivity index (χ2v) is 6.80. The minimum Gasteiger partial charge on any atom is -0.481 e. The molecule has 0 unspecified atom stereocenters. The highest BCUT2D eigenvalue weighted by Gasteiger charge is 2.22. The van der Waals surface area contributed by atoms with Crippen LogP contribution in [-0.2, 0) is 4.79 Å². The molecule has 2 aromatic carbocycles. The van der Waals surface area contributed by atoms with E-state index in [1.807, 2.05) is 0 Å². The fraction of sp³-hybridized carbons (Fsp3) is 0.278. The highest BCUT2D eigenvalue weighted by Crippen LogP contribution is 2.32. The van der Waals surface area contributed by atoms with Crippen molar-refractivity contribution in [2.45, 2.75) is 0 Å². The van der Waals surface area contributed by atoms with E-state index in [0.29, 0.717) is 42.0 Å². The van der Waals surface area contributed by atoms with Gasteiger partial charge in [0.1, 0.15) is 0 Å². The number of halogens is 2. The lowest BCUT2D eigenvalue weighted by Gasteiger charge is -2.36. The Morgan fingerprint density at radius 1 is 1.04 bits per heavy atom. The van der Waals surface area contributed by atoms with Gasteiger partial charge in [0, 0.05) is 44.0 Å². The van der Waals surface area contributed by atoms with Crippen LogP contribution in [0.4, 0.5) is 11.4 Å². The number of rotatable bonds is 5. The van der Waals surface area contributed by atoms with Crippen LogP contribution in [0, 0.1) is 10.1 Å². The van der Waals surface area contributed by atoms with E-state index in [2.05, 4.69) is 4.90 Å². The summed E-state index contributed by atoms with van der Waals surface area (Å²) in [7, 11) is 0. The van der Waals surface area contributed by atoms with Crippen LogP contribution in [0.25, 0.3) is 0 Å². The normalized spacial score (nSPS) is 14.1. The number of carbonyl (C=O) groups is 1. The lowest BCUT2D eigenvalue weighted by atomic mass is 10.2. The van der Waals surface area contributed by atoms with Crippen LogP contribution >= 0.6 is 23.2 Å². The van der Waals surface area contributed by atoms with Gasteiger partial charge in [-0.05, 0) is 24.3 Å². The summed E-state index contributed by atoms with van der Waals surface area (Å²) in [6, 6.07) is 11.4. The number of carbonyl (C=O) groups excluding carboxylic acids is 1. The SMILES string of the molecule is O=C(COc1c(Cl)cccc1Cl)N1CCN(c2ccc([N+](=O)[O-])cc2)CC1. The molecule has 0 spiro atoms. The molecule has 0 atom stereocenters. The third-order valence-electron chi connectivity index (χ3n) is 4.32. The van der Waals surface area contributed by atoms with Crippen molar-refractivity contribution in [3.05, 3.63) is 62.6 Å². The minimum atomic E-state index is -0.425. The first-order valence-corrected chi connectivity index (χ1v) is 9.05. The van der Waals surface area contributed by atoms with Gasteiger partial charge < -0.3 is 14.5 Å². The molecule has 3 rings (SSSR count). The van der Waals surface area contributed by atoms with Crippen molar-refractivity contribution >= 4 is 40.5 Å². The van der Waals surface area contributed by atoms with Crippen molar-refractivity contribution in [2.24, 2.45) is 0 Å². The second-order valence-electron chi connectivity index (χ2n) is 5.98. The molecular weight excluding hydrogens is 393 g/mol. The van der Waals surface area contributed by atoms with Crippen molar-refractivity contribution < 1.29 is 14.5 Å². The first kappa shape index (κ1) is 19.3. The fourth-order valence-corrected chi connectivity index (χ4v) is 3.35. The molecule has 9 heteroatoms. The Hall–Kier alpha value is -2.51. The van der Waals surface area contributed by atoms with E-state index >= 15 is 0 Å². The van der Waals surface area contributed by atoms with Crippen LogP contribution < -0.4 is 9.64 Å². The van der Waals surface area contributed by atoms with Crippen molar-refractivity contribution in [1.29, 1.82) is 0 Å². The Labute approximate surface area is 166 Å². The van der Waals surface area contributed by atoms with E-state index in [0.717, 1.165) is 5.69 Å². The molecule has 0 N–H and O–H groups in total. The smallest absolute Gasteiger partial charge is 0.269 e. The van der Waals surface area contributed by atoms with Crippen LogP contribution in [0.2, 0.25) is 10.0 Å². The van der Waals surface area contributed by atoms with E-state index in [-0.39, 0.29) is 18.2 Å². The molecule has 1 amide bonds. The molecule has 7 nitrogen and oxygen atoms in total. The van der Waals surface area contributed by atoms with Gasteiger partial charge in [0.25, 0.3) is 11.6 Å². The van der Waals surface area contributed by atoms with Gasteiger partial charge in [-0.1, -0.05) is 29.3 Å². The highest BCUT2D eigenvalue weighted by molar-refractivity contribution is 6.37. The number of amides is 1. The molecule has 1 saturated heterocycles. The maximum Gasteiger partial charge on any atom is 0.269 e. The van der Waals surface area contributed by atoms with Gasteiger partial charge in [-0.15, -0.1) is 0 Å². The summed E-state index contributed by atoms with van der Waals surface area (Å²) >= 11 is 12.1. The standard InChI is InChI=1S/C18H17Cl2N3O4/c19-15-2-1-3-16(20)18(15)27-12-17(24)22-10-8-21(9-11-22)13-4-6-14(7-5-13)23(25)26/h1-7H,8-12H2. The number of nitro groups is 1. The minimum absolute atomic E-state index is 0.0583. The third kappa shape index (κ3) is 4.61. The van der Waals surface area contributed by atoms with Crippen molar-refractivity contribution in [3.8, 4) is 5.75 Å². The van der Waals surface area contributed by atoms with Gasteiger partial charge in [0.05, 0.1) is 15.0 Å². The first-order chi connectivity index (χ1) is 13.0. The highest BCUT2D eigenvalue weighted by atomic mass is 35.5. The number of ether oxygens (including phenoxy) is 1. The number of hydrogen-bond donors (Lipinski definition) is 0. The molecule has 1 fully saturated rings. The van der Waals surface area contributed by atoms with Gasteiger partial charge in [-0.25, -0.2) is 0 Å². The Balaban J connectivity index is 1.52. The summed E-state index contributed by atoms with van der Waals surface area (Å²) in [6.45, 7) is 2.21. The number of para-hydroxylation sites is 1. The predicted octanol–water partition coefficient (Wildman–Crippen LogP) is 3.63. The Kier molecular flexibility index (Phi) is 6.03. The van der Waals surface area contributed by atoms with Gasteiger partial charge in [0.2, 0.25) is 0 Å². The third-order valence-corrected chi connectivity index (χ3v) is 4.91. The van der Waals surface area contributed by atoms with E-state index in [1.165, 1.54) is 12.1 Å². The molecule has 142 valence electrons. The Morgan fingerprint density at radius 3 is 2.19 bits per heavy atom. The molecule has 0 saturated carbocycles. The van der Waals surface area contributed by atoms with Crippen LogP contribution in [-0.4, -0.2) is 48.5 Å². The van der Waals surface area contributed by atoms with Gasteiger partial charge in [-0.3, -0.25) is 14.9 Å². The maximum atomic E-state index is 12.4. The largest absolute Gasteiger partial charge is 0.481 e. The monoisotopic (exact) mass is 409 g/mol. The van der Waals surface area contributed by atoms with Crippen LogP contribution in [0.1, 0.15) is 0 Å². The summed E-state index contributed by atoms with van der Waals surface area (Å²) in [5.41, 5.74) is 0.953. The lowest BCUT2D eigenvalue weighted by Crippen LogP contribution is -2.50. The van der Waals surface area contributed by atoms with Crippen LogP contribution in [0.5, 0.6) is 5.75 Å². The average molecular weight is 410 g/mol. The summed E-state index contributed by atoms with van der Waals surface area (Å²) in [4.78, 5) is 26.5. The maximum absolute atomic E-state index is 12.4. The molecule has 2 aromatic rings.